The molecule has 2 heterocycles. The Kier molecular flexibility index (Phi) is 2.63. The van der Waals surface area contributed by atoms with E-state index in [0.717, 1.165) is 6.04 Å². The molecule has 0 aromatic carbocycles. The Morgan fingerprint density at radius 3 is 2.83 bits per heavy atom. The highest BCUT2D eigenvalue weighted by atomic mass is 15.5. The average Bonchev–Trinajstić information content (AvgIpc) is 2.65. The van der Waals surface area contributed by atoms with Gasteiger partial charge in [-0.15, -0.1) is 0 Å². The zero-order chi connectivity index (χ0) is 8.39. The lowest BCUT2D eigenvalue weighted by atomic mass is 10.2. The summed E-state index contributed by atoms with van der Waals surface area (Å²) in [6, 6.07) is 0.801. The predicted molar refractivity (Wildman–Crippen MR) is 49.8 cm³/mol. The largest absolute Gasteiger partial charge is 0.302 e. The fourth-order valence-electron chi connectivity index (χ4n) is 2.21. The summed E-state index contributed by atoms with van der Waals surface area (Å²) in [7, 11) is 2.24. The van der Waals surface area contributed by atoms with Crippen molar-refractivity contribution in [3.05, 3.63) is 0 Å². The van der Waals surface area contributed by atoms with Crippen LogP contribution >= 0.6 is 0 Å². The zero-order valence-electron chi connectivity index (χ0n) is 7.92. The van der Waals surface area contributed by atoms with E-state index in [1.54, 1.807) is 0 Å². The van der Waals surface area contributed by atoms with Crippen LogP contribution in [0.3, 0.4) is 0 Å². The van der Waals surface area contributed by atoms with Gasteiger partial charge in [0.1, 0.15) is 0 Å². The van der Waals surface area contributed by atoms with Gasteiger partial charge in [0.25, 0.3) is 0 Å². The van der Waals surface area contributed by atoms with Gasteiger partial charge in [-0.25, -0.2) is 5.01 Å². The number of hydrazine groups is 1. The number of hydrogen-bond donors (Lipinski definition) is 1. The standard InChI is InChI=1S/C9H19N3/c1-11-6-2-4-9(11)8-12-7-3-5-10-12/h9-10H,2-8H2,1H3. The van der Waals surface area contributed by atoms with E-state index in [-0.39, 0.29) is 0 Å². The van der Waals surface area contributed by atoms with Crippen LogP contribution in [-0.2, 0) is 0 Å². The maximum atomic E-state index is 3.41. The maximum Gasteiger partial charge on any atom is 0.0287 e. The van der Waals surface area contributed by atoms with Gasteiger partial charge in [-0.05, 0) is 32.9 Å². The van der Waals surface area contributed by atoms with Crippen LogP contribution in [0, 0.1) is 0 Å². The smallest absolute Gasteiger partial charge is 0.0287 e. The van der Waals surface area contributed by atoms with Crippen molar-refractivity contribution in [3.8, 4) is 0 Å². The van der Waals surface area contributed by atoms with Crippen LogP contribution in [0.1, 0.15) is 19.3 Å². The van der Waals surface area contributed by atoms with Gasteiger partial charge in [0, 0.05) is 25.7 Å². The molecule has 1 unspecified atom stereocenters. The fraction of sp³-hybridized carbons (Fsp3) is 1.00. The number of nitrogens with one attached hydrogen (secondary N) is 1. The molecule has 2 saturated heterocycles. The molecule has 1 atom stereocenters. The third kappa shape index (κ3) is 1.79. The summed E-state index contributed by atoms with van der Waals surface area (Å²) >= 11 is 0. The molecule has 0 bridgehead atoms. The first-order valence-electron chi connectivity index (χ1n) is 5.05. The lowest BCUT2D eigenvalue weighted by molar-refractivity contribution is 0.178. The van der Waals surface area contributed by atoms with Crippen LogP contribution in [0.4, 0.5) is 0 Å². The van der Waals surface area contributed by atoms with Gasteiger partial charge in [0.2, 0.25) is 0 Å². The molecule has 2 fully saturated rings. The summed E-state index contributed by atoms with van der Waals surface area (Å²) in [6.07, 6.45) is 4.08. The Morgan fingerprint density at radius 1 is 1.33 bits per heavy atom. The van der Waals surface area contributed by atoms with Crippen LogP contribution in [0.15, 0.2) is 0 Å². The van der Waals surface area contributed by atoms with Crippen LogP contribution in [0.5, 0.6) is 0 Å². The van der Waals surface area contributed by atoms with Crippen LogP contribution < -0.4 is 5.43 Å². The van der Waals surface area contributed by atoms with Gasteiger partial charge in [-0.1, -0.05) is 0 Å². The molecule has 0 aromatic heterocycles. The van der Waals surface area contributed by atoms with Gasteiger partial charge < -0.3 is 4.90 Å². The average molecular weight is 169 g/mol. The minimum atomic E-state index is 0.801. The molecular formula is C9H19N3. The summed E-state index contributed by atoms with van der Waals surface area (Å²) in [5, 5.41) is 2.38. The third-order valence-electron chi connectivity index (χ3n) is 3.04. The number of rotatable bonds is 2. The molecule has 0 spiro atoms. The van der Waals surface area contributed by atoms with Crippen molar-refractivity contribution in [3.63, 3.8) is 0 Å². The first kappa shape index (κ1) is 8.48. The highest BCUT2D eigenvalue weighted by molar-refractivity contribution is 4.79. The summed E-state index contributed by atoms with van der Waals surface area (Å²) in [5.74, 6) is 0. The molecule has 2 rings (SSSR count). The molecule has 3 nitrogen and oxygen atoms in total. The normalized spacial score (nSPS) is 33.2. The second-order valence-corrected chi connectivity index (χ2v) is 3.98. The molecule has 2 aliphatic heterocycles. The van der Waals surface area contributed by atoms with Crippen molar-refractivity contribution in [2.24, 2.45) is 0 Å². The van der Waals surface area contributed by atoms with Crippen molar-refractivity contribution < 1.29 is 0 Å². The van der Waals surface area contributed by atoms with Gasteiger partial charge >= 0.3 is 0 Å². The lowest BCUT2D eigenvalue weighted by Gasteiger charge is -2.24. The molecule has 2 aliphatic rings. The molecule has 12 heavy (non-hydrogen) atoms. The minimum absolute atomic E-state index is 0.801. The van der Waals surface area contributed by atoms with E-state index in [2.05, 4.69) is 22.4 Å². The van der Waals surface area contributed by atoms with Crippen molar-refractivity contribution in [2.75, 3.05) is 33.2 Å². The van der Waals surface area contributed by atoms with Crippen LogP contribution in [-0.4, -0.2) is 49.2 Å². The van der Waals surface area contributed by atoms with E-state index < -0.39 is 0 Å². The number of likely N-dealkylation sites (tertiary alicyclic amines) is 1. The summed E-state index contributed by atoms with van der Waals surface area (Å²) in [5.41, 5.74) is 3.41. The first-order chi connectivity index (χ1) is 5.86. The van der Waals surface area contributed by atoms with Gasteiger partial charge in [0.15, 0.2) is 0 Å². The summed E-state index contributed by atoms with van der Waals surface area (Å²) in [6.45, 7) is 4.93. The highest BCUT2D eigenvalue weighted by Gasteiger charge is 2.24. The first-order valence-corrected chi connectivity index (χ1v) is 5.05. The number of nitrogens with zero attached hydrogens (tertiary/aromatic N) is 2. The van der Waals surface area contributed by atoms with Crippen molar-refractivity contribution in [2.45, 2.75) is 25.3 Å². The quantitative estimate of drug-likeness (QED) is 0.641. The van der Waals surface area contributed by atoms with Crippen molar-refractivity contribution in [1.82, 2.24) is 15.3 Å². The Balaban J connectivity index is 1.77. The SMILES string of the molecule is CN1CCCC1CN1CCCN1. The fourth-order valence-corrected chi connectivity index (χ4v) is 2.21. The molecular weight excluding hydrogens is 150 g/mol. The minimum Gasteiger partial charge on any atom is -0.302 e. The zero-order valence-corrected chi connectivity index (χ0v) is 7.92. The Hall–Kier alpha value is -0.120. The number of hydrogen-bond acceptors (Lipinski definition) is 3. The molecule has 0 saturated carbocycles. The second kappa shape index (κ2) is 3.73. The van der Waals surface area contributed by atoms with Crippen LogP contribution in [0.2, 0.25) is 0 Å². The van der Waals surface area contributed by atoms with Crippen molar-refractivity contribution >= 4 is 0 Å². The van der Waals surface area contributed by atoms with E-state index >= 15 is 0 Å². The van der Waals surface area contributed by atoms with Crippen molar-refractivity contribution in [1.29, 1.82) is 0 Å². The predicted octanol–water partition coefficient (Wildman–Crippen LogP) is 0.291. The number of likely N-dealkylation sites (N-methyl/N-ethyl adjacent to an activating group) is 1. The van der Waals surface area contributed by atoms with Gasteiger partial charge in [-0.2, -0.15) is 0 Å². The Labute approximate surface area is 74.7 Å². The monoisotopic (exact) mass is 169 g/mol. The molecule has 0 aromatic rings. The second-order valence-electron chi connectivity index (χ2n) is 3.98. The highest BCUT2D eigenvalue weighted by Crippen LogP contribution is 2.15. The summed E-state index contributed by atoms with van der Waals surface area (Å²) < 4.78 is 0. The van der Waals surface area contributed by atoms with E-state index in [4.69, 9.17) is 0 Å². The molecule has 0 radical (unpaired) electrons. The van der Waals surface area contributed by atoms with Gasteiger partial charge in [-0.3, -0.25) is 5.43 Å². The summed E-state index contributed by atoms with van der Waals surface area (Å²) in [4.78, 5) is 2.49. The third-order valence-corrected chi connectivity index (χ3v) is 3.04. The molecule has 0 aliphatic carbocycles. The molecule has 1 N–H and O–H groups in total. The van der Waals surface area contributed by atoms with E-state index in [1.807, 2.05) is 0 Å². The van der Waals surface area contributed by atoms with Gasteiger partial charge in [0.05, 0.1) is 0 Å². The molecule has 0 amide bonds. The van der Waals surface area contributed by atoms with Crippen LogP contribution in [0.25, 0.3) is 0 Å². The molecule has 3 heteroatoms. The Morgan fingerprint density at radius 2 is 2.25 bits per heavy atom. The van der Waals surface area contributed by atoms with E-state index in [1.165, 1.54) is 45.4 Å². The maximum absolute atomic E-state index is 3.41. The lowest BCUT2D eigenvalue weighted by Crippen LogP contribution is -2.41. The van der Waals surface area contributed by atoms with E-state index in [0.29, 0.717) is 0 Å². The topological polar surface area (TPSA) is 18.5 Å². The molecule has 70 valence electrons. The van der Waals surface area contributed by atoms with E-state index in [9.17, 15) is 0 Å². The Bertz CT molecular complexity index is 143.